The Morgan fingerprint density at radius 3 is 1.01 bits per heavy atom. The normalized spacial score (nSPS) is 15.2. The number of carbonyl (C=O) groups excluding carboxylic acids is 3. The summed E-state index contributed by atoms with van der Waals surface area (Å²) in [5.41, 5.74) is 1.87. The molecule has 802 valence electrons. The first-order chi connectivity index (χ1) is 71.2. The maximum absolute atomic E-state index is 13.5. The molecule has 54 heteroatoms. The van der Waals surface area contributed by atoms with Crippen molar-refractivity contribution >= 4 is 105 Å². The van der Waals surface area contributed by atoms with Gasteiger partial charge in [-0.05, 0) is 142 Å². The maximum Gasteiger partial charge on any atom is 0.490 e. The van der Waals surface area contributed by atoms with Crippen LogP contribution in [-0.2, 0) is 77.8 Å². The van der Waals surface area contributed by atoms with Crippen molar-refractivity contribution in [3.8, 4) is 70.9 Å². The van der Waals surface area contributed by atoms with Crippen LogP contribution in [0.2, 0.25) is 0 Å². The summed E-state index contributed by atoms with van der Waals surface area (Å²) < 4.78 is 156. The van der Waals surface area contributed by atoms with Gasteiger partial charge in [0.05, 0.1) is 50.5 Å². The van der Waals surface area contributed by atoms with Crippen molar-refractivity contribution in [3.63, 3.8) is 0 Å². The molecule has 6 fully saturated rings. The minimum atomic E-state index is -5.08. The van der Waals surface area contributed by atoms with Crippen molar-refractivity contribution in [2.75, 3.05) is 137 Å². The molecule has 5 N–H and O–H groups in total. The summed E-state index contributed by atoms with van der Waals surface area (Å²) in [6.45, 7) is 41.0. The van der Waals surface area contributed by atoms with Gasteiger partial charge in [-0.1, -0.05) is 47.9 Å². The number of piperidine rings is 4. The highest BCUT2D eigenvalue weighted by Gasteiger charge is 2.52. The number of carbonyl (C=O) groups is 7. The lowest BCUT2D eigenvalue weighted by Crippen LogP contribution is -2.62. The third-order valence-electron chi connectivity index (χ3n) is 23.8. The van der Waals surface area contributed by atoms with E-state index < -0.39 is 54.2 Å². The number of amides is 3. The smallest absolute Gasteiger partial charge is 0.475 e. The van der Waals surface area contributed by atoms with Crippen LogP contribution in [0.25, 0.3) is 48.0 Å². The zero-order valence-corrected chi connectivity index (χ0v) is 82.7. The number of carboxylic acid groups (broad SMARTS) is 4. The number of para-hydroxylation sites is 2. The Morgan fingerprint density at radius 2 is 0.700 bits per heavy atom. The minimum Gasteiger partial charge on any atom is -0.475 e. The molecule has 150 heavy (non-hydrogen) atoms. The number of nitrogens with zero attached hydrogens (tertiary/aromatic N) is 24. The van der Waals surface area contributed by atoms with Gasteiger partial charge in [-0.25, -0.2) is 43.9 Å². The van der Waals surface area contributed by atoms with Crippen molar-refractivity contribution < 1.29 is 121 Å². The van der Waals surface area contributed by atoms with Gasteiger partial charge < -0.3 is 88.8 Å². The molecule has 7 aromatic heterocycles. The summed E-state index contributed by atoms with van der Waals surface area (Å²) in [7, 11) is 6.52. The van der Waals surface area contributed by atoms with Gasteiger partial charge in [-0.15, -0.1) is 23.7 Å². The zero-order chi connectivity index (χ0) is 110. The molecule has 0 bridgehead atoms. The first-order valence-electron chi connectivity index (χ1n) is 46.7. The maximum atomic E-state index is 13.5. The van der Waals surface area contributed by atoms with E-state index in [9.17, 15) is 81.5 Å². The fourth-order valence-corrected chi connectivity index (χ4v) is 16.1. The quantitative estimate of drug-likeness (QED) is 0.0321. The number of nitrogens with one attached hydrogen (secondary N) is 1. The molecule has 0 saturated carbocycles. The monoisotopic (exact) mass is 2110 g/mol. The Balaban J connectivity index is 0.000000205. The standard InChI is InChI=1S/C26H30N6O4.C26H30N6O3.C19H23N7O.C17H20N6O.4C2HF3O2/c1-3-4-14-32-21-22(27-25(32)31-12-8-5-9-13-31)28-26(29(2)24(21)34)36-20-11-7-6-10-19(20)23(33)30-15-17-35-18-16-30;1-3-4-18-32-21-22(27-25(32)31-16-8-5-9-17-31)28-26(29(2)24(21)34)35-20-13-7-6-12-19(20)23(33)30-14-10-11-15-30;1-5-6-12-26-15-16(22-18(26)25-10-8-7-9-11-25)23-19(13-20-2,14-21-3)24(4)17(15)27;1-4-5-11-23-14-15(19-13(12-18-2)21(3)16(14)24)20-17(23)22-9-7-6-8-10-22;4*3-2(4,5)1(6)7/h6-7,10-11H,5,8-9,12-18H2,1-2H3;6-7,12-13H,5,8-11,14-18H2,1-2H3;23H,7-14H2,1,4H3;6-12H2,1,3H3;4*(H,6,7). The molecular formula is C96H107F12N25O17. The third kappa shape index (κ3) is 29.7. The lowest BCUT2D eigenvalue weighted by molar-refractivity contribution is -0.193. The molecule has 42 nitrogen and oxygen atoms in total. The number of imidazole rings is 4. The summed E-state index contributed by atoms with van der Waals surface area (Å²) in [6.07, 6.45) is -4.75. The van der Waals surface area contributed by atoms with Crippen LogP contribution >= 0.6 is 0 Å². The van der Waals surface area contributed by atoms with Gasteiger partial charge in [0.1, 0.15) is 11.5 Å². The number of fused-ring (bicyclic) bond motifs is 4. The predicted octanol–water partition coefficient (Wildman–Crippen LogP) is 11.6. The summed E-state index contributed by atoms with van der Waals surface area (Å²) in [4.78, 5) is 171. The van der Waals surface area contributed by atoms with E-state index in [1.54, 1.807) is 103 Å². The Labute approximate surface area is 849 Å². The second-order valence-corrected chi connectivity index (χ2v) is 33.8. The minimum absolute atomic E-state index is 0.00225. The van der Waals surface area contributed by atoms with Gasteiger partial charge >= 0.3 is 60.6 Å². The Hall–Kier alpha value is -16.6. The molecule has 0 spiro atoms. The molecule has 7 aliphatic rings. The highest BCUT2D eigenvalue weighted by atomic mass is 19.4. The van der Waals surface area contributed by atoms with Gasteiger partial charge in [-0.3, -0.25) is 60.7 Å². The van der Waals surface area contributed by atoms with Crippen molar-refractivity contribution in [2.24, 2.45) is 21.1 Å². The molecule has 9 aromatic rings. The molecule has 6 saturated heterocycles. The fourth-order valence-electron chi connectivity index (χ4n) is 16.1. The van der Waals surface area contributed by atoms with Crippen molar-refractivity contribution in [3.05, 3.63) is 136 Å². The molecule has 7 aliphatic heterocycles. The molecule has 0 radical (unpaired) electrons. The van der Waals surface area contributed by atoms with E-state index in [2.05, 4.69) is 107 Å². The second kappa shape index (κ2) is 53.2. The van der Waals surface area contributed by atoms with Crippen LogP contribution in [0, 0.1) is 67.1 Å². The van der Waals surface area contributed by atoms with Gasteiger partial charge in [0, 0.05) is 107 Å². The highest BCUT2D eigenvalue weighted by molar-refractivity contribution is 6.01. The molecule has 0 atom stereocenters. The Morgan fingerprint density at radius 1 is 0.407 bits per heavy atom. The van der Waals surface area contributed by atoms with E-state index in [0.29, 0.717) is 138 Å². The first-order valence-corrected chi connectivity index (χ1v) is 46.7. The van der Waals surface area contributed by atoms with Gasteiger partial charge in [0.2, 0.25) is 23.8 Å². The first kappa shape index (κ1) is 117. The van der Waals surface area contributed by atoms with Crippen LogP contribution in [0.1, 0.15) is 155 Å². The Bertz CT molecular complexity index is 6870. The van der Waals surface area contributed by atoms with Crippen LogP contribution in [0.5, 0.6) is 23.5 Å². The fraction of sp³-hybridized carbons (Fsp3) is 0.500. The number of aliphatic carboxylic acids is 4. The van der Waals surface area contributed by atoms with Crippen molar-refractivity contribution in [1.29, 1.82) is 0 Å². The molecule has 0 aliphatic carbocycles. The topological polar surface area (TPSA) is 452 Å². The SMILES string of the molecule is CC#CCn1c(N2CCCCC2)nc2nc(Oc3ccccc3C(=O)N3CCCC3)n(C)c(=O)c21.CC#CCn1c(N2CCCCC2)nc2nc(Oc3ccccc3C(=O)N3CCOCC3)n(C)c(=O)c21.O=C(O)C(F)(F)F.O=C(O)C(F)(F)F.O=C(O)C(F)(F)F.O=C(O)C(F)(F)F.[C-]#[N+]CC1(C[N+]#[C-])Nc2nc(N3CCCCC3)n(CC#CC)c2C(=O)N1C.[C-]#[N+]Cc1nc2nc(N3CCCCC3)n(CC#CC)c2c(=O)n1C. The van der Waals surface area contributed by atoms with E-state index in [1.807, 2.05) is 29.2 Å². The number of morpholine rings is 1. The molecule has 16 rings (SSSR count). The van der Waals surface area contributed by atoms with E-state index in [0.717, 1.165) is 142 Å². The average Bonchev–Trinajstić information content (AvgIpc) is 1.58. The lowest BCUT2D eigenvalue weighted by atomic mass is 10.1. The average molecular weight is 2110 g/mol. The summed E-state index contributed by atoms with van der Waals surface area (Å²) in [5.74, 6) is 16.8. The largest absolute Gasteiger partial charge is 0.490 e. The van der Waals surface area contributed by atoms with E-state index >= 15 is 0 Å². The lowest BCUT2D eigenvalue weighted by Gasteiger charge is -2.38. The van der Waals surface area contributed by atoms with Gasteiger partial charge in [0.25, 0.3) is 59.7 Å². The zero-order valence-electron chi connectivity index (χ0n) is 82.7. The number of rotatable bonds is 17. The molecule has 3 amide bonds. The number of likely N-dealkylation sites (tertiary alicyclic amines) is 1. The number of halogens is 12. The number of likely N-dealkylation sites (N-methyl/N-ethyl adjacent to an activating group) is 1. The third-order valence-corrected chi connectivity index (χ3v) is 23.8. The summed E-state index contributed by atoms with van der Waals surface area (Å²) >= 11 is 0. The number of alkyl halides is 12. The van der Waals surface area contributed by atoms with E-state index in [-0.39, 0.29) is 66.1 Å². The molecule has 14 heterocycles. The number of carboxylic acids is 4. The van der Waals surface area contributed by atoms with Crippen molar-refractivity contribution in [1.82, 2.24) is 81.6 Å². The van der Waals surface area contributed by atoms with E-state index in [1.165, 1.54) is 44.3 Å². The number of hydrogen-bond acceptors (Lipinski definition) is 25. The predicted molar refractivity (Wildman–Crippen MR) is 520 cm³/mol. The number of benzene rings is 2. The summed E-state index contributed by atoms with van der Waals surface area (Å²) in [6, 6.07) is 14.3. The van der Waals surface area contributed by atoms with Crippen LogP contribution in [0.3, 0.4) is 0 Å². The molecule has 0 unspecified atom stereocenters. The van der Waals surface area contributed by atoms with Gasteiger partial charge in [-0.2, -0.15) is 82.6 Å². The van der Waals surface area contributed by atoms with Crippen LogP contribution in [-0.4, -0.2) is 286 Å². The Kier molecular flexibility index (Phi) is 41.5. The number of hydrogen-bond donors (Lipinski definition) is 5. The number of anilines is 5. The molecular weight excluding hydrogens is 2000 g/mol. The van der Waals surface area contributed by atoms with Crippen LogP contribution in [0.15, 0.2) is 62.9 Å². The van der Waals surface area contributed by atoms with Crippen molar-refractivity contribution in [2.45, 2.75) is 181 Å². The van der Waals surface area contributed by atoms with Crippen LogP contribution in [0.4, 0.5) is 82.3 Å². The van der Waals surface area contributed by atoms with E-state index in [4.69, 9.17) is 88.5 Å². The number of ether oxygens (including phenoxy) is 3. The molecule has 2 aromatic carbocycles. The van der Waals surface area contributed by atoms with Crippen LogP contribution < -0.4 is 51.1 Å². The second-order valence-electron chi connectivity index (χ2n) is 33.8. The number of aromatic nitrogens is 14. The highest BCUT2D eigenvalue weighted by Crippen LogP contribution is 2.38. The summed E-state index contributed by atoms with van der Waals surface area (Å²) in [5, 5.41) is 31.7. The van der Waals surface area contributed by atoms with Gasteiger partial charge in [0.15, 0.2) is 50.8 Å².